The van der Waals surface area contributed by atoms with E-state index < -0.39 is 0 Å². The van der Waals surface area contributed by atoms with Crippen molar-refractivity contribution in [1.82, 2.24) is 14.4 Å². The molecule has 2 heterocycles. The van der Waals surface area contributed by atoms with Crippen LogP contribution in [0.5, 0.6) is 5.75 Å². The third-order valence-corrected chi connectivity index (χ3v) is 6.29. The number of carbonyl (C=O) groups is 2. The molecule has 8 heteroatoms. The van der Waals surface area contributed by atoms with Gasteiger partial charge in [-0.1, -0.05) is 35.9 Å². The van der Waals surface area contributed by atoms with Crippen molar-refractivity contribution in [1.29, 1.82) is 0 Å². The van der Waals surface area contributed by atoms with Crippen LogP contribution in [0.1, 0.15) is 23.0 Å². The zero-order chi connectivity index (χ0) is 24.2. The van der Waals surface area contributed by atoms with Crippen molar-refractivity contribution in [3.63, 3.8) is 0 Å². The molecule has 3 aromatic rings. The van der Waals surface area contributed by atoms with Gasteiger partial charge >= 0.3 is 6.09 Å². The summed E-state index contributed by atoms with van der Waals surface area (Å²) in [5, 5.41) is 0.645. The number of para-hydroxylation sites is 2. The molecule has 1 aromatic heterocycles. The maximum absolute atomic E-state index is 13.6. The first-order valence-corrected chi connectivity index (χ1v) is 11.6. The van der Waals surface area contributed by atoms with Gasteiger partial charge in [0.05, 0.1) is 30.7 Å². The Bertz CT molecular complexity index is 1180. The van der Waals surface area contributed by atoms with Gasteiger partial charge in [0, 0.05) is 36.9 Å². The van der Waals surface area contributed by atoms with Gasteiger partial charge in [0.1, 0.15) is 5.75 Å². The number of halogens is 1. The number of amides is 2. The average Bonchev–Trinajstić information content (AvgIpc) is 3.21. The highest BCUT2D eigenvalue weighted by molar-refractivity contribution is 6.30. The molecule has 0 radical (unpaired) electrons. The number of nitrogens with zero attached hydrogens (tertiary/aromatic N) is 3. The fourth-order valence-corrected chi connectivity index (χ4v) is 4.38. The van der Waals surface area contributed by atoms with Crippen LogP contribution in [0.25, 0.3) is 16.9 Å². The van der Waals surface area contributed by atoms with Gasteiger partial charge in [-0.3, -0.25) is 4.79 Å². The first-order valence-electron chi connectivity index (χ1n) is 11.3. The Morgan fingerprint density at radius 1 is 0.971 bits per heavy atom. The maximum atomic E-state index is 13.6. The molecule has 34 heavy (non-hydrogen) atoms. The van der Waals surface area contributed by atoms with Gasteiger partial charge in [0.2, 0.25) is 0 Å². The number of ether oxygens (including phenoxy) is 2. The molecule has 1 aliphatic rings. The summed E-state index contributed by atoms with van der Waals surface area (Å²) in [6, 6.07) is 17.2. The van der Waals surface area contributed by atoms with E-state index in [0.29, 0.717) is 49.1 Å². The minimum absolute atomic E-state index is 0.0649. The number of hydrogen-bond acceptors (Lipinski definition) is 4. The maximum Gasteiger partial charge on any atom is 0.409 e. The summed E-state index contributed by atoms with van der Waals surface area (Å²) in [5.74, 6) is 0.642. The summed E-state index contributed by atoms with van der Waals surface area (Å²) < 4.78 is 12.8. The van der Waals surface area contributed by atoms with E-state index in [1.165, 1.54) is 0 Å². The van der Waals surface area contributed by atoms with Crippen molar-refractivity contribution >= 4 is 23.6 Å². The smallest absolute Gasteiger partial charge is 0.409 e. The third kappa shape index (κ3) is 4.61. The lowest BCUT2D eigenvalue weighted by molar-refractivity contribution is 0.0570. The molecular formula is C26H28ClN3O4. The zero-order valence-corrected chi connectivity index (χ0v) is 20.3. The van der Waals surface area contributed by atoms with E-state index in [9.17, 15) is 9.59 Å². The average molecular weight is 482 g/mol. The lowest BCUT2D eigenvalue weighted by Gasteiger charge is -2.34. The number of carbonyl (C=O) groups excluding carboxylic acids is 2. The molecule has 0 N–H and O–H groups in total. The van der Waals surface area contributed by atoms with E-state index in [1.54, 1.807) is 23.8 Å². The summed E-state index contributed by atoms with van der Waals surface area (Å²) >= 11 is 6.12. The molecule has 0 bridgehead atoms. The fourth-order valence-electron chi connectivity index (χ4n) is 4.26. The van der Waals surface area contributed by atoms with Crippen LogP contribution in [0.3, 0.4) is 0 Å². The van der Waals surface area contributed by atoms with Gasteiger partial charge in [-0.15, -0.1) is 0 Å². The molecule has 1 fully saturated rings. The predicted octanol–water partition coefficient (Wildman–Crippen LogP) is 5.03. The first kappa shape index (κ1) is 23.7. The fraction of sp³-hybridized carbons (Fsp3) is 0.308. The lowest BCUT2D eigenvalue weighted by atomic mass is 10.1. The largest absolute Gasteiger partial charge is 0.495 e. The van der Waals surface area contributed by atoms with Crippen molar-refractivity contribution in [3.05, 3.63) is 70.9 Å². The van der Waals surface area contributed by atoms with Crippen LogP contribution in [0.15, 0.2) is 54.6 Å². The Morgan fingerprint density at radius 3 is 2.26 bits per heavy atom. The molecule has 7 nitrogen and oxygen atoms in total. The standard InChI is InChI=1S/C26H28ClN3O4/c1-4-34-26(32)29-15-13-28(14-16-29)25(31)21-17-23(19-9-11-20(27)12-10-19)30(18(21)2)22-7-5-6-8-24(22)33-3/h5-12,17H,4,13-16H2,1-3H3. The van der Waals surface area contributed by atoms with Gasteiger partial charge < -0.3 is 23.8 Å². The molecule has 1 saturated heterocycles. The summed E-state index contributed by atoms with van der Waals surface area (Å²) in [6.45, 7) is 5.85. The second-order valence-corrected chi connectivity index (χ2v) is 8.46. The summed E-state index contributed by atoms with van der Waals surface area (Å²) in [6.07, 6.45) is -0.335. The molecule has 178 valence electrons. The van der Waals surface area contributed by atoms with Crippen molar-refractivity contribution in [2.75, 3.05) is 39.9 Å². The molecule has 0 saturated carbocycles. The monoisotopic (exact) mass is 481 g/mol. The first-order chi connectivity index (χ1) is 16.4. The summed E-state index contributed by atoms with van der Waals surface area (Å²) in [7, 11) is 1.63. The van der Waals surface area contributed by atoms with Crippen LogP contribution >= 0.6 is 11.6 Å². The Balaban J connectivity index is 1.71. The quantitative estimate of drug-likeness (QED) is 0.512. The van der Waals surface area contributed by atoms with E-state index >= 15 is 0 Å². The van der Waals surface area contributed by atoms with Crippen LogP contribution < -0.4 is 4.74 Å². The third-order valence-electron chi connectivity index (χ3n) is 6.04. The van der Waals surface area contributed by atoms with Crippen LogP contribution in [-0.2, 0) is 4.74 Å². The molecule has 4 rings (SSSR count). The summed E-state index contributed by atoms with van der Waals surface area (Å²) in [5.41, 5.74) is 4.07. The van der Waals surface area contributed by atoms with Gasteiger partial charge in [-0.2, -0.15) is 0 Å². The summed E-state index contributed by atoms with van der Waals surface area (Å²) in [4.78, 5) is 29.0. The normalized spacial score (nSPS) is 13.6. The number of methoxy groups -OCH3 is 1. The van der Waals surface area contributed by atoms with Crippen molar-refractivity contribution in [2.24, 2.45) is 0 Å². The van der Waals surface area contributed by atoms with Crippen molar-refractivity contribution in [2.45, 2.75) is 13.8 Å². The molecule has 0 atom stereocenters. The number of piperazine rings is 1. The Morgan fingerprint density at radius 2 is 1.62 bits per heavy atom. The number of hydrogen-bond donors (Lipinski definition) is 0. The molecule has 0 spiro atoms. The van der Waals surface area contributed by atoms with E-state index in [-0.39, 0.29) is 12.0 Å². The topological polar surface area (TPSA) is 64.0 Å². The second-order valence-electron chi connectivity index (χ2n) is 8.02. The van der Waals surface area contributed by atoms with Crippen molar-refractivity contribution in [3.8, 4) is 22.7 Å². The molecule has 2 amide bonds. The van der Waals surface area contributed by atoms with Crippen molar-refractivity contribution < 1.29 is 19.1 Å². The van der Waals surface area contributed by atoms with Gasteiger partial charge in [-0.25, -0.2) is 4.79 Å². The van der Waals surface area contributed by atoms with Crippen LogP contribution in [0.2, 0.25) is 5.02 Å². The molecular weight excluding hydrogens is 454 g/mol. The molecule has 1 aliphatic heterocycles. The zero-order valence-electron chi connectivity index (χ0n) is 19.6. The Hall–Kier alpha value is -3.45. The molecule has 0 unspecified atom stereocenters. The minimum atomic E-state index is -0.335. The second kappa shape index (κ2) is 10.2. The Kier molecular flexibility index (Phi) is 7.12. The van der Waals surface area contributed by atoms with Crippen LogP contribution in [0, 0.1) is 6.92 Å². The Labute approximate surface area is 204 Å². The lowest BCUT2D eigenvalue weighted by Crippen LogP contribution is -2.50. The van der Waals surface area contributed by atoms with Gasteiger partial charge in [0.25, 0.3) is 5.91 Å². The highest BCUT2D eigenvalue weighted by Gasteiger charge is 2.29. The molecule has 2 aromatic carbocycles. The molecule has 0 aliphatic carbocycles. The van der Waals surface area contributed by atoms with E-state index in [2.05, 4.69) is 0 Å². The number of rotatable bonds is 5. The van der Waals surface area contributed by atoms with Crippen LogP contribution in [-0.4, -0.2) is 66.3 Å². The highest BCUT2D eigenvalue weighted by Crippen LogP contribution is 2.34. The predicted molar refractivity (Wildman–Crippen MR) is 132 cm³/mol. The van der Waals surface area contributed by atoms with E-state index in [1.807, 2.05) is 66.1 Å². The highest BCUT2D eigenvalue weighted by atomic mass is 35.5. The van der Waals surface area contributed by atoms with Gasteiger partial charge in [-0.05, 0) is 49.7 Å². The van der Waals surface area contributed by atoms with Gasteiger partial charge in [0.15, 0.2) is 0 Å². The van der Waals surface area contributed by atoms with Crippen LogP contribution in [0.4, 0.5) is 4.79 Å². The van der Waals surface area contributed by atoms with E-state index in [4.69, 9.17) is 21.1 Å². The SMILES string of the molecule is CCOC(=O)N1CCN(C(=O)c2cc(-c3ccc(Cl)cc3)n(-c3ccccc3OC)c2C)CC1. The minimum Gasteiger partial charge on any atom is -0.495 e. The van der Waals surface area contributed by atoms with E-state index in [0.717, 1.165) is 22.6 Å². The number of aromatic nitrogens is 1. The number of benzene rings is 2.